The quantitative estimate of drug-likeness (QED) is 0.934. The van der Waals surface area contributed by atoms with Crippen LogP contribution in [-0.2, 0) is 0 Å². The second-order valence-electron chi connectivity index (χ2n) is 3.20. The van der Waals surface area contributed by atoms with Crippen molar-refractivity contribution in [2.24, 2.45) is 0 Å². The maximum absolute atomic E-state index is 11.0. The summed E-state index contributed by atoms with van der Waals surface area (Å²) >= 11 is 8.97. The van der Waals surface area contributed by atoms with Crippen molar-refractivity contribution in [1.82, 2.24) is 9.97 Å². The van der Waals surface area contributed by atoms with E-state index in [-0.39, 0.29) is 17.3 Å². The van der Waals surface area contributed by atoms with E-state index in [1.807, 2.05) is 0 Å². The van der Waals surface area contributed by atoms with Crippen molar-refractivity contribution in [2.45, 2.75) is 0 Å². The van der Waals surface area contributed by atoms with Crippen molar-refractivity contribution < 1.29 is 14.6 Å². The van der Waals surface area contributed by atoms with Gasteiger partial charge < -0.3 is 9.84 Å². The Kier molecular flexibility index (Phi) is 3.78. The molecule has 0 saturated heterocycles. The number of pyridine rings is 2. The van der Waals surface area contributed by atoms with Gasteiger partial charge in [-0.3, -0.25) is 0 Å². The molecule has 0 fully saturated rings. The lowest BCUT2D eigenvalue weighted by molar-refractivity contribution is 0.0687. The van der Waals surface area contributed by atoms with E-state index in [0.29, 0.717) is 9.50 Å². The largest absolute Gasteiger partial charge is 0.476 e. The Hall–Kier alpha value is -1.66. The molecule has 2 rings (SSSR count). The molecule has 0 aliphatic carbocycles. The third-order valence-corrected chi connectivity index (χ3v) is 2.73. The molecule has 18 heavy (non-hydrogen) atoms. The van der Waals surface area contributed by atoms with Crippen molar-refractivity contribution in [3.63, 3.8) is 0 Å². The molecule has 0 aromatic carbocycles. The Labute approximate surface area is 116 Å². The van der Waals surface area contributed by atoms with Crippen LogP contribution in [0.2, 0.25) is 5.02 Å². The van der Waals surface area contributed by atoms with E-state index in [2.05, 4.69) is 25.9 Å². The molecule has 0 atom stereocenters. The Morgan fingerprint density at radius 1 is 1.44 bits per heavy atom. The third kappa shape index (κ3) is 2.77. The fraction of sp³-hybridized carbons (Fsp3) is 0. The molecule has 0 saturated carbocycles. The first-order valence-electron chi connectivity index (χ1n) is 4.75. The topological polar surface area (TPSA) is 72.3 Å². The lowest BCUT2D eigenvalue weighted by atomic mass is 10.3. The van der Waals surface area contributed by atoms with E-state index < -0.39 is 5.97 Å². The van der Waals surface area contributed by atoms with Crippen LogP contribution in [0.25, 0.3) is 0 Å². The van der Waals surface area contributed by atoms with Gasteiger partial charge in [0.2, 0.25) is 5.88 Å². The summed E-state index contributed by atoms with van der Waals surface area (Å²) in [6.07, 6.45) is 2.78. The van der Waals surface area contributed by atoms with Gasteiger partial charge >= 0.3 is 5.97 Å². The van der Waals surface area contributed by atoms with Gasteiger partial charge in [-0.1, -0.05) is 11.6 Å². The fourth-order valence-electron chi connectivity index (χ4n) is 1.21. The van der Waals surface area contributed by atoms with Crippen LogP contribution in [-0.4, -0.2) is 21.0 Å². The van der Waals surface area contributed by atoms with E-state index in [9.17, 15) is 4.79 Å². The molecule has 2 aromatic rings. The summed E-state index contributed by atoms with van der Waals surface area (Å²) in [5, 5.41) is 9.40. The smallest absolute Gasteiger partial charge is 0.358 e. The summed E-state index contributed by atoms with van der Waals surface area (Å²) in [5.74, 6) is -0.842. The maximum Gasteiger partial charge on any atom is 0.358 e. The number of carboxylic acids is 1. The van der Waals surface area contributed by atoms with Gasteiger partial charge in [0.1, 0.15) is 0 Å². The Morgan fingerprint density at radius 2 is 2.22 bits per heavy atom. The Morgan fingerprint density at radius 3 is 2.89 bits per heavy atom. The first kappa shape index (κ1) is 12.8. The van der Waals surface area contributed by atoms with E-state index in [1.54, 1.807) is 12.1 Å². The van der Waals surface area contributed by atoms with E-state index in [4.69, 9.17) is 21.4 Å². The molecule has 1 N–H and O–H groups in total. The van der Waals surface area contributed by atoms with Crippen LogP contribution >= 0.6 is 27.5 Å². The normalized spacial score (nSPS) is 10.1. The van der Waals surface area contributed by atoms with Gasteiger partial charge in [0.25, 0.3) is 0 Å². The minimum absolute atomic E-state index is 0.112. The summed E-state index contributed by atoms with van der Waals surface area (Å²) in [7, 11) is 0. The highest BCUT2D eigenvalue weighted by molar-refractivity contribution is 9.10. The van der Waals surface area contributed by atoms with E-state index >= 15 is 0 Å². The molecule has 2 aromatic heterocycles. The number of hydrogen-bond acceptors (Lipinski definition) is 4. The van der Waals surface area contributed by atoms with Crippen LogP contribution in [0.1, 0.15) is 10.5 Å². The second-order valence-corrected chi connectivity index (χ2v) is 4.49. The molecule has 92 valence electrons. The average Bonchev–Trinajstić information content (AvgIpc) is 2.33. The van der Waals surface area contributed by atoms with Crippen molar-refractivity contribution in [3.8, 4) is 11.6 Å². The monoisotopic (exact) mass is 328 g/mol. The van der Waals surface area contributed by atoms with Gasteiger partial charge in [0.15, 0.2) is 11.4 Å². The summed E-state index contributed by atoms with van der Waals surface area (Å²) in [6.45, 7) is 0. The molecule has 5 nitrogen and oxygen atoms in total. The summed E-state index contributed by atoms with van der Waals surface area (Å²) in [4.78, 5) is 18.6. The first-order chi connectivity index (χ1) is 8.58. The number of carboxylic acid groups (broad SMARTS) is 1. The zero-order valence-electron chi connectivity index (χ0n) is 8.80. The Bertz CT molecular complexity index is 607. The minimum atomic E-state index is -1.17. The van der Waals surface area contributed by atoms with Gasteiger partial charge in [-0.05, 0) is 34.1 Å². The number of nitrogens with zero attached hydrogens (tertiary/aromatic N) is 2. The molecule has 0 aliphatic heterocycles. The van der Waals surface area contributed by atoms with Crippen LogP contribution in [0, 0.1) is 0 Å². The molecular weight excluding hydrogens is 323 g/mol. The molecule has 0 radical (unpaired) electrons. The highest BCUT2D eigenvalue weighted by atomic mass is 79.9. The second kappa shape index (κ2) is 5.32. The average molecular weight is 330 g/mol. The molecular formula is C11H6BrClN2O3. The summed E-state index contributed by atoms with van der Waals surface area (Å²) in [5.41, 5.74) is -0.179. The predicted octanol–water partition coefficient (Wildman–Crippen LogP) is 3.38. The van der Waals surface area contributed by atoms with Gasteiger partial charge in [0.05, 0.1) is 9.50 Å². The number of aromatic carboxylic acids is 1. The lowest BCUT2D eigenvalue weighted by Crippen LogP contribution is -2.03. The van der Waals surface area contributed by atoms with Crippen molar-refractivity contribution in [1.29, 1.82) is 0 Å². The number of rotatable bonds is 3. The van der Waals surface area contributed by atoms with E-state index in [1.165, 1.54) is 18.5 Å². The molecule has 0 aliphatic rings. The fourth-order valence-corrected chi connectivity index (χ4v) is 1.93. The van der Waals surface area contributed by atoms with Crippen molar-refractivity contribution in [2.75, 3.05) is 0 Å². The van der Waals surface area contributed by atoms with Crippen LogP contribution in [0.4, 0.5) is 0 Å². The highest BCUT2D eigenvalue weighted by Crippen LogP contribution is 2.30. The van der Waals surface area contributed by atoms with Gasteiger partial charge in [-0.2, -0.15) is 0 Å². The molecule has 7 heteroatoms. The third-order valence-electron chi connectivity index (χ3n) is 1.95. The van der Waals surface area contributed by atoms with Crippen LogP contribution in [0.5, 0.6) is 11.6 Å². The zero-order valence-corrected chi connectivity index (χ0v) is 11.1. The number of ether oxygens (including phenoxy) is 1. The number of hydrogen-bond donors (Lipinski definition) is 1. The molecule has 0 amide bonds. The number of aromatic nitrogens is 2. The van der Waals surface area contributed by atoms with Crippen molar-refractivity contribution in [3.05, 3.63) is 45.8 Å². The molecule has 0 bridgehead atoms. The van der Waals surface area contributed by atoms with Crippen LogP contribution in [0.3, 0.4) is 0 Å². The summed E-state index contributed by atoms with van der Waals surface area (Å²) < 4.78 is 5.92. The standard InChI is InChI=1S/C11H6BrClN2O3/c12-7-4-6(13)5-15-10(7)18-8-2-1-3-14-9(8)11(16)17/h1-5H,(H,16,17). The SMILES string of the molecule is O=C(O)c1ncccc1Oc1ncc(Cl)cc1Br. The lowest BCUT2D eigenvalue weighted by Gasteiger charge is -2.08. The highest BCUT2D eigenvalue weighted by Gasteiger charge is 2.14. The molecule has 0 unspecified atom stereocenters. The minimum Gasteiger partial charge on any atom is -0.476 e. The van der Waals surface area contributed by atoms with Gasteiger partial charge in [-0.15, -0.1) is 0 Å². The molecule has 2 heterocycles. The van der Waals surface area contributed by atoms with Crippen LogP contribution < -0.4 is 4.74 Å². The maximum atomic E-state index is 11.0. The first-order valence-corrected chi connectivity index (χ1v) is 5.92. The summed E-state index contributed by atoms with van der Waals surface area (Å²) in [6, 6.07) is 4.67. The Balaban J connectivity index is 2.37. The zero-order chi connectivity index (χ0) is 13.1. The van der Waals surface area contributed by atoms with Crippen molar-refractivity contribution >= 4 is 33.5 Å². The van der Waals surface area contributed by atoms with Gasteiger partial charge in [-0.25, -0.2) is 14.8 Å². The van der Waals surface area contributed by atoms with Gasteiger partial charge in [0, 0.05) is 12.4 Å². The molecule has 0 spiro atoms. The number of halogens is 2. The van der Waals surface area contributed by atoms with Crippen LogP contribution in [0.15, 0.2) is 35.1 Å². The predicted molar refractivity (Wildman–Crippen MR) is 68.2 cm³/mol. The van der Waals surface area contributed by atoms with E-state index in [0.717, 1.165) is 0 Å². The number of carbonyl (C=O) groups is 1.